The molecule has 0 aliphatic rings. The van der Waals surface area contributed by atoms with E-state index < -0.39 is 13.4 Å². The summed E-state index contributed by atoms with van der Waals surface area (Å²) in [5.41, 5.74) is 0. The second kappa shape index (κ2) is 7.37. The first kappa shape index (κ1) is 14.1. The summed E-state index contributed by atoms with van der Waals surface area (Å²) < 4.78 is 21.7. The van der Waals surface area contributed by atoms with Crippen LogP contribution in [-0.2, 0) is 13.6 Å². The molecule has 1 unspecified atom stereocenters. The number of aliphatic hydroxyl groups is 2. The summed E-state index contributed by atoms with van der Waals surface area (Å²) in [6.45, 7) is 3.78. The van der Waals surface area contributed by atoms with Crippen molar-refractivity contribution in [3.8, 4) is 0 Å². The highest BCUT2D eigenvalue weighted by atomic mass is 31.2. The zero-order chi connectivity index (χ0) is 11.0. The molecule has 0 aromatic carbocycles. The van der Waals surface area contributed by atoms with Crippen LogP contribution in [0.4, 0.5) is 0 Å². The fourth-order valence-electron chi connectivity index (χ4n) is 1.00. The van der Waals surface area contributed by atoms with Gasteiger partial charge in [0.15, 0.2) is 5.85 Å². The van der Waals surface area contributed by atoms with Crippen LogP contribution in [-0.4, -0.2) is 35.9 Å². The zero-order valence-electron chi connectivity index (χ0n) is 8.68. The van der Waals surface area contributed by atoms with Crippen molar-refractivity contribution in [1.29, 1.82) is 0 Å². The molecule has 0 aliphatic heterocycles. The van der Waals surface area contributed by atoms with Gasteiger partial charge in [0, 0.05) is 6.61 Å². The van der Waals surface area contributed by atoms with Crippen molar-refractivity contribution in [2.45, 2.75) is 32.5 Å². The minimum absolute atomic E-state index is 0.0463. The molecule has 14 heavy (non-hydrogen) atoms. The molecule has 0 saturated carbocycles. The van der Waals surface area contributed by atoms with E-state index in [2.05, 4.69) is 0 Å². The standard InChI is InChI=1S/C8H19O5P/c1-3-12-14(11,13-4-2)8(10)6-5-7-9/h8-10H,3-7H2,1-2H3. The van der Waals surface area contributed by atoms with Crippen LogP contribution >= 0.6 is 7.60 Å². The molecule has 0 saturated heterocycles. The highest BCUT2D eigenvalue weighted by molar-refractivity contribution is 7.54. The van der Waals surface area contributed by atoms with Gasteiger partial charge in [-0.05, 0) is 26.7 Å². The van der Waals surface area contributed by atoms with E-state index in [0.717, 1.165) is 0 Å². The minimum atomic E-state index is -3.40. The van der Waals surface area contributed by atoms with E-state index in [1.807, 2.05) is 0 Å². The molecule has 1 atom stereocenters. The molecule has 0 spiro atoms. The number of aliphatic hydroxyl groups excluding tert-OH is 2. The van der Waals surface area contributed by atoms with E-state index in [1.54, 1.807) is 13.8 Å². The van der Waals surface area contributed by atoms with E-state index in [4.69, 9.17) is 14.2 Å². The molecule has 0 aromatic rings. The van der Waals surface area contributed by atoms with E-state index in [9.17, 15) is 9.67 Å². The van der Waals surface area contributed by atoms with Gasteiger partial charge in [-0.15, -0.1) is 0 Å². The summed E-state index contributed by atoms with van der Waals surface area (Å²) in [6.07, 6.45) is 0.596. The van der Waals surface area contributed by atoms with Gasteiger partial charge in [-0.3, -0.25) is 4.57 Å². The van der Waals surface area contributed by atoms with E-state index in [0.29, 0.717) is 6.42 Å². The second-order valence-electron chi connectivity index (χ2n) is 2.72. The molecule has 0 fully saturated rings. The highest BCUT2D eigenvalue weighted by Gasteiger charge is 2.33. The number of hydrogen-bond donors (Lipinski definition) is 2. The lowest BCUT2D eigenvalue weighted by Crippen LogP contribution is -2.13. The van der Waals surface area contributed by atoms with Crippen LogP contribution in [0.3, 0.4) is 0 Å². The van der Waals surface area contributed by atoms with Crippen molar-refractivity contribution in [3.63, 3.8) is 0 Å². The Kier molecular flexibility index (Phi) is 7.41. The molecule has 6 heteroatoms. The molecule has 86 valence electrons. The Bertz CT molecular complexity index is 175. The van der Waals surface area contributed by atoms with Gasteiger partial charge < -0.3 is 19.3 Å². The topological polar surface area (TPSA) is 76.0 Å². The molecular formula is C8H19O5P. The summed E-state index contributed by atoms with van der Waals surface area (Å²) in [5, 5.41) is 18.1. The van der Waals surface area contributed by atoms with Crippen LogP contribution < -0.4 is 0 Å². The Balaban J connectivity index is 4.23. The fourth-order valence-corrected chi connectivity index (χ4v) is 2.64. The summed E-state index contributed by atoms with van der Waals surface area (Å²) in [7, 11) is -3.40. The molecule has 5 nitrogen and oxygen atoms in total. The lowest BCUT2D eigenvalue weighted by molar-refractivity contribution is 0.137. The quantitative estimate of drug-likeness (QED) is 0.611. The van der Waals surface area contributed by atoms with Gasteiger partial charge in [0.25, 0.3) is 0 Å². The highest BCUT2D eigenvalue weighted by Crippen LogP contribution is 2.53. The average molecular weight is 226 g/mol. The molecule has 0 aliphatic carbocycles. The van der Waals surface area contributed by atoms with Crippen LogP contribution in [0.5, 0.6) is 0 Å². The van der Waals surface area contributed by atoms with Crippen molar-refractivity contribution in [2.24, 2.45) is 0 Å². The van der Waals surface area contributed by atoms with E-state index in [1.165, 1.54) is 0 Å². The lowest BCUT2D eigenvalue weighted by atomic mass is 10.3. The van der Waals surface area contributed by atoms with Crippen LogP contribution in [0.25, 0.3) is 0 Å². The Morgan fingerprint density at radius 1 is 1.29 bits per heavy atom. The monoisotopic (exact) mass is 226 g/mol. The van der Waals surface area contributed by atoms with Crippen molar-refractivity contribution in [1.82, 2.24) is 0 Å². The smallest absolute Gasteiger partial charge is 0.358 e. The van der Waals surface area contributed by atoms with Crippen LogP contribution in [0.1, 0.15) is 26.7 Å². The Hall–Kier alpha value is 0.0700. The Labute approximate surface area is 84.6 Å². The summed E-state index contributed by atoms with van der Waals surface area (Å²) in [5.74, 6) is -1.14. The Morgan fingerprint density at radius 3 is 2.14 bits per heavy atom. The summed E-state index contributed by atoms with van der Waals surface area (Å²) in [4.78, 5) is 0. The van der Waals surface area contributed by atoms with E-state index in [-0.39, 0.29) is 26.2 Å². The molecule has 0 aromatic heterocycles. The van der Waals surface area contributed by atoms with Gasteiger partial charge in [0.05, 0.1) is 13.2 Å². The van der Waals surface area contributed by atoms with Crippen LogP contribution in [0.2, 0.25) is 0 Å². The first-order chi connectivity index (χ1) is 6.60. The number of hydrogen-bond acceptors (Lipinski definition) is 5. The van der Waals surface area contributed by atoms with Crippen molar-refractivity contribution in [2.75, 3.05) is 19.8 Å². The van der Waals surface area contributed by atoms with Crippen LogP contribution in [0, 0.1) is 0 Å². The third kappa shape index (κ3) is 4.53. The predicted molar refractivity (Wildman–Crippen MR) is 53.2 cm³/mol. The van der Waals surface area contributed by atoms with Crippen molar-refractivity contribution >= 4 is 7.60 Å². The van der Waals surface area contributed by atoms with E-state index >= 15 is 0 Å². The third-order valence-corrected chi connectivity index (χ3v) is 3.83. The van der Waals surface area contributed by atoms with Crippen molar-refractivity contribution < 1.29 is 23.8 Å². The van der Waals surface area contributed by atoms with Gasteiger partial charge >= 0.3 is 7.60 Å². The zero-order valence-corrected chi connectivity index (χ0v) is 9.57. The lowest BCUT2D eigenvalue weighted by Gasteiger charge is -2.21. The molecule has 0 heterocycles. The van der Waals surface area contributed by atoms with Gasteiger partial charge in [-0.2, -0.15) is 0 Å². The normalized spacial score (nSPS) is 14.3. The molecule has 0 bridgehead atoms. The maximum absolute atomic E-state index is 11.8. The molecule has 0 rings (SSSR count). The fraction of sp³-hybridized carbons (Fsp3) is 1.00. The SMILES string of the molecule is CCOP(=O)(OCC)C(O)CCCO. The molecular weight excluding hydrogens is 207 g/mol. The Morgan fingerprint density at radius 2 is 1.79 bits per heavy atom. The third-order valence-electron chi connectivity index (χ3n) is 1.60. The van der Waals surface area contributed by atoms with Gasteiger partial charge in [-0.25, -0.2) is 0 Å². The summed E-state index contributed by atoms with van der Waals surface area (Å²) in [6, 6.07) is 0. The maximum atomic E-state index is 11.8. The maximum Gasteiger partial charge on any atom is 0.358 e. The van der Waals surface area contributed by atoms with Crippen molar-refractivity contribution in [3.05, 3.63) is 0 Å². The first-order valence-corrected chi connectivity index (χ1v) is 6.39. The predicted octanol–water partition coefficient (Wildman–Crippen LogP) is 1.34. The number of rotatable bonds is 8. The molecule has 0 amide bonds. The second-order valence-corrected chi connectivity index (χ2v) is 4.91. The van der Waals surface area contributed by atoms with Gasteiger partial charge in [-0.1, -0.05) is 0 Å². The average Bonchev–Trinajstić information content (AvgIpc) is 2.15. The minimum Gasteiger partial charge on any atom is -0.396 e. The van der Waals surface area contributed by atoms with Crippen LogP contribution in [0.15, 0.2) is 0 Å². The van der Waals surface area contributed by atoms with Gasteiger partial charge in [0.1, 0.15) is 0 Å². The van der Waals surface area contributed by atoms with Gasteiger partial charge in [0.2, 0.25) is 0 Å². The molecule has 2 N–H and O–H groups in total. The largest absolute Gasteiger partial charge is 0.396 e. The first-order valence-electron chi connectivity index (χ1n) is 4.78. The molecule has 0 radical (unpaired) electrons. The summed E-state index contributed by atoms with van der Waals surface area (Å²) >= 11 is 0.